The van der Waals surface area contributed by atoms with Crippen molar-refractivity contribution in [3.05, 3.63) is 0 Å². The molecule has 0 aromatic rings. The van der Waals surface area contributed by atoms with Crippen molar-refractivity contribution in [3.63, 3.8) is 0 Å². The lowest BCUT2D eigenvalue weighted by Gasteiger charge is -2.27. The quantitative estimate of drug-likeness (QED) is 0.496. The van der Waals surface area contributed by atoms with E-state index in [4.69, 9.17) is 5.11 Å². The van der Waals surface area contributed by atoms with Crippen LogP contribution in [-0.4, -0.2) is 48.0 Å². The van der Waals surface area contributed by atoms with Crippen molar-refractivity contribution >= 4 is 18.5 Å². The molecule has 1 unspecified atom stereocenters. The van der Waals surface area contributed by atoms with Crippen LogP contribution in [0.15, 0.2) is 0 Å². The highest BCUT2D eigenvalue weighted by atomic mass is 32.1. The van der Waals surface area contributed by atoms with Crippen LogP contribution in [0, 0.1) is 0 Å². The zero-order valence-electron chi connectivity index (χ0n) is 7.95. The maximum Gasteiger partial charge on any atom is 0.326 e. The summed E-state index contributed by atoms with van der Waals surface area (Å²) >= 11 is 4.16. The molecule has 1 N–H and O–H groups in total. The highest BCUT2D eigenvalue weighted by Crippen LogP contribution is 2.09. The fourth-order valence-corrected chi connectivity index (χ4v) is 1.25. The van der Waals surface area contributed by atoms with Gasteiger partial charge in [0.2, 0.25) is 0 Å². The fraction of sp³-hybridized carbons (Fsp3) is 0.875. The first-order valence-corrected chi connectivity index (χ1v) is 4.63. The normalized spacial score (nSPS) is 14.4. The van der Waals surface area contributed by atoms with Crippen molar-refractivity contribution in [3.8, 4) is 0 Å². The van der Waals surface area contributed by atoms with Gasteiger partial charge in [0.1, 0.15) is 11.8 Å². The van der Waals surface area contributed by atoms with Crippen LogP contribution in [0.3, 0.4) is 0 Å². The molecule has 0 rings (SSSR count). The summed E-state index contributed by atoms with van der Waals surface area (Å²) in [6, 6.07) is 0. The van der Waals surface area contributed by atoms with Gasteiger partial charge in [-0.2, -0.15) is 12.6 Å². The van der Waals surface area contributed by atoms with Gasteiger partial charge in [-0.1, -0.05) is 6.92 Å². The molecule has 0 aliphatic rings. The molecule has 0 aromatic carbocycles. The highest BCUT2D eigenvalue weighted by Gasteiger charge is 2.30. The van der Waals surface area contributed by atoms with E-state index in [1.807, 2.05) is 6.92 Å². The number of rotatable bonds is 4. The molecule has 3 nitrogen and oxygen atoms in total. The molecule has 0 saturated heterocycles. The number of quaternary nitrogens is 1. The summed E-state index contributed by atoms with van der Waals surface area (Å²) in [7, 11) is 3.58. The molecule has 72 valence electrons. The van der Waals surface area contributed by atoms with Gasteiger partial charge in [0, 0.05) is 0 Å². The summed E-state index contributed by atoms with van der Waals surface area (Å²) in [4.78, 5) is 11.6. The molecular weight excluding hydrogens is 174 g/mol. The number of carbonyl (C=O) groups excluding carboxylic acids is 1. The largest absolute Gasteiger partial charge is 0.390 e. The van der Waals surface area contributed by atoms with Gasteiger partial charge in [0.15, 0.2) is 0 Å². The molecule has 0 aliphatic carbocycles. The maximum atomic E-state index is 11.6. The molecule has 0 radical (unpaired) electrons. The number of hydrogen-bond acceptors (Lipinski definition) is 3. The van der Waals surface area contributed by atoms with Crippen LogP contribution < -0.4 is 0 Å². The average Bonchev–Trinajstić information content (AvgIpc) is 2.01. The van der Waals surface area contributed by atoms with Gasteiger partial charge in [-0.15, -0.1) is 0 Å². The SMILES string of the molecule is CCC(S)C(=O)[N+](C)(C)CCO. The number of aliphatic hydroxyl groups excluding tert-OH is 1. The van der Waals surface area contributed by atoms with Gasteiger partial charge >= 0.3 is 5.91 Å². The first kappa shape index (κ1) is 11.9. The molecule has 0 heterocycles. The molecule has 0 aromatic heterocycles. The third kappa shape index (κ3) is 3.13. The molecule has 12 heavy (non-hydrogen) atoms. The second kappa shape index (κ2) is 4.84. The van der Waals surface area contributed by atoms with Crippen LogP contribution in [0.25, 0.3) is 0 Å². The molecule has 4 heteroatoms. The summed E-state index contributed by atoms with van der Waals surface area (Å²) in [5.74, 6) is 0.0647. The van der Waals surface area contributed by atoms with Crippen LogP contribution in [0.2, 0.25) is 0 Å². The minimum Gasteiger partial charge on any atom is -0.390 e. The van der Waals surface area contributed by atoms with Gasteiger partial charge in [-0.05, 0) is 6.42 Å². The Bertz CT molecular complexity index is 159. The van der Waals surface area contributed by atoms with Gasteiger partial charge in [0.05, 0.1) is 20.7 Å². The van der Waals surface area contributed by atoms with E-state index >= 15 is 0 Å². The number of hydrogen-bond donors (Lipinski definition) is 2. The minimum atomic E-state index is -0.216. The average molecular weight is 192 g/mol. The number of nitrogens with zero attached hydrogens (tertiary/aromatic N) is 1. The Kier molecular flexibility index (Phi) is 4.82. The third-order valence-electron chi connectivity index (χ3n) is 1.93. The van der Waals surface area contributed by atoms with Crippen molar-refractivity contribution in [1.29, 1.82) is 0 Å². The topological polar surface area (TPSA) is 37.3 Å². The Morgan fingerprint density at radius 3 is 2.42 bits per heavy atom. The van der Waals surface area contributed by atoms with E-state index in [2.05, 4.69) is 12.6 Å². The number of aliphatic hydroxyl groups is 1. The maximum absolute atomic E-state index is 11.6. The van der Waals surface area contributed by atoms with E-state index in [1.54, 1.807) is 14.1 Å². The minimum absolute atomic E-state index is 0.0307. The monoisotopic (exact) mass is 192 g/mol. The Morgan fingerprint density at radius 1 is 1.58 bits per heavy atom. The van der Waals surface area contributed by atoms with Gasteiger partial charge < -0.3 is 5.11 Å². The lowest BCUT2D eigenvalue weighted by Crippen LogP contribution is -2.50. The third-order valence-corrected chi connectivity index (χ3v) is 2.51. The predicted octanol–water partition coefficient (Wildman–Crippen LogP) is 0.290. The van der Waals surface area contributed by atoms with Crippen molar-refractivity contribution < 1.29 is 14.4 Å². The summed E-state index contributed by atoms with van der Waals surface area (Å²) in [5, 5.41) is 8.50. The second-order valence-corrected chi connectivity index (χ2v) is 4.02. The zero-order chi connectivity index (χ0) is 9.78. The lowest BCUT2D eigenvalue weighted by molar-refractivity contribution is -0.814. The smallest absolute Gasteiger partial charge is 0.326 e. The molecule has 0 spiro atoms. The van der Waals surface area contributed by atoms with Crippen LogP contribution in [-0.2, 0) is 4.79 Å². The Morgan fingerprint density at radius 2 is 2.08 bits per heavy atom. The fourth-order valence-electron chi connectivity index (χ4n) is 0.938. The highest BCUT2D eigenvalue weighted by molar-refractivity contribution is 7.81. The summed E-state index contributed by atoms with van der Waals surface area (Å²) in [5.41, 5.74) is 0. The second-order valence-electron chi connectivity index (χ2n) is 3.39. The van der Waals surface area contributed by atoms with E-state index in [1.165, 1.54) is 0 Å². The Labute approximate surface area is 79.4 Å². The summed E-state index contributed by atoms with van der Waals surface area (Å²) < 4.78 is 0.207. The molecule has 1 amide bonds. The molecule has 0 fully saturated rings. The van der Waals surface area contributed by atoms with Gasteiger partial charge in [-0.3, -0.25) is 4.48 Å². The molecule has 1 atom stereocenters. The molecular formula is C8H18NO2S+. The first-order valence-electron chi connectivity index (χ1n) is 4.12. The van der Waals surface area contributed by atoms with Crippen molar-refractivity contribution in [1.82, 2.24) is 0 Å². The van der Waals surface area contributed by atoms with Gasteiger partial charge in [-0.25, -0.2) is 4.79 Å². The lowest BCUT2D eigenvalue weighted by atomic mass is 10.2. The Hall–Kier alpha value is -0.0600. The number of carbonyl (C=O) groups is 1. The summed E-state index contributed by atoms with van der Waals surface area (Å²) in [6.45, 7) is 2.41. The molecule has 0 saturated carbocycles. The molecule has 0 bridgehead atoms. The van der Waals surface area contributed by atoms with Gasteiger partial charge in [0.25, 0.3) is 0 Å². The van der Waals surface area contributed by atoms with Crippen LogP contribution in [0.4, 0.5) is 0 Å². The summed E-state index contributed by atoms with van der Waals surface area (Å²) in [6.07, 6.45) is 0.731. The van der Waals surface area contributed by atoms with Crippen molar-refractivity contribution in [2.75, 3.05) is 27.2 Å². The number of thiol groups is 1. The van der Waals surface area contributed by atoms with E-state index in [9.17, 15) is 4.79 Å². The number of amides is 1. The number of likely N-dealkylation sites (N-methyl/N-ethyl adjacent to an activating group) is 1. The zero-order valence-corrected chi connectivity index (χ0v) is 8.84. The molecule has 0 aliphatic heterocycles. The predicted molar refractivity (Wildman–Crippen MR) is 52.1 cm³/mol. The van der Waals surface area contributed by atoms with Crippen LogP contribution >= 0.6 is 12.6 Å². The van der Waals surface area contributed by atoms with E-state index < -0.39 is 0 Å². The van der Waals surface area contributed by atoms with E-state index in [0.717, 1.165) is 6.42 Å². The van der Waals surface area contributed by atoms with Crippen LogP contribution in [0.5, 0.6) is 0 Å². The van der Waals surface area contributed by atoms with Crippen molar-refractivity contribution in [2.45, 2.75) is 18.6 Å². The van der Waals surface area contributed by atoms with Crippen molar-refractivity contribution in [2.24, 2.45) is 0 Å². The first-order chi connectivity index (χ1) is 5.45. The van der Waals surface area contributed by atoms with E-state index in [-0.39, 0.29) is 22.2 Å². The Balaban J connectivity index is 4.24. The standard InChI is InChI=1S/C8H17NO2S/c1-4-7(12)8(11)9(2,3)5-6-10/h7,10H,4-6H2,1-3H3/p+1. The van der Waals surface area contributed by atoms with E-state index in [0.29, 0.717) is 6.54 Å². The van der Waals surface area contributed by atoms with Crippen LogP contribution in [0.1, 0.15) is 13.3 Å².